The van der Waals surface area contributed by atoms with Crippen LogP contribution in [0.5, 0.6) is 0 Å². The molecule has 0 unspecified atom stereocenters. The standard InChI is InChI=1S/C8H12Cl2NO5P/c1-4-5-11-8(12)6(7(9)10)16-17(13,14-2)15-3/h4H,1,5H2,2-3H3,(H,11,12). The molecule has 6 nitrogen and oxygen atoms in total. The molecule has 0 aromatic carbocycles. The summed E-state index contributed by atoms with van der Waals surface area (Å²) in [6, 6.07) is 0. The van der Waals surface area contributed by atoms with Gasteiger partial charge in [0.1, 0.15) is 0 Å². The number of carbonyl (C=O) groups excluding carboxylic acids is 1. The Morgan fingerprint density at radius 3 is 2.29 bits per heavy atom. The Morgan fingerprint density at radius 1 is 1.41 bits per heavy atom. The number of rotatable bonds is 7. The third-order valence-corrected chi connectivity index (χ3v) is 3.08. The number of hydrogen-bond acceptors (Lipinski definition) is 5. The molecule has 0 atom stereocenters. The monoisotopic (exact) mass is 303 g/mol. The molecule has 0 aromatic heterocycles. The molecule has 0 rings (SSSR count). The Labute approximate surface area is 109 Å². The molecule has 0 spiro atoms. The van der Waals surface area contributed by atoms with E-state index in [1.807, 2.05) is 0 Å². The topological polar surface area (TPSA) is 73.9 Å². The van der Waals surface area contributed by atoms with Crippen LogP contribution in [0.2, 0.25) is 0 Å². The lowest BCUT2D eigenvalue weighted by Crippen LogP contribution is -2.26. The van der Waals surface area contributed by atoms with Crippen LogP contribution >= 0.6 is 31.0 Å². The van der Waals surface area contributed by atoms with Crippen molar-refractivity contribution in [2.45, 2.75) is 0 Å². The van der Waals surface area contributed by atoms with Crippen molar-refractivity contribution in [3.8, 4) is 0 Å². The molecule has 0 fully saturated rings. The van der Waals surface area contributed by atoms with E-state index in [0.717, 1.165) is 14.2 Å². The molecule has 0 aromatic rings. The number of carbonyl (C=O) groups is 1. The number of phosphoric ester groups is 1. The molecular weight excluding hydrogens is 292 g/mol. The minimum absolute atomic E-state index is 0.164. The van der Waals surface area contributed by atoms with Gasteiger partial charge in [-0.3, -0.25) is 13.8 Å². The minimum atomic E-state index is -3.89. The van der Waals surface area contributed by atoms with Crippen molar-refractivity contribution in [3.05, 3.63) is 22.9 Å². The van der Waals surface area contributed by atoms with E-state index in [1.165, 1.54) is 6.08 Å². The summed E-state index contributed by atoms with van der Waals surface area (Å²) in [6.07, 6.45) is 1.43. The van der Waals surface area contributed by atoms with Crippen LogP contribution in [-0.4, -0.2) is 26.7 Å². The van der Waals surface area contributed by atoms with Gasteiger partial charge in [-0.25, -0.2) is 4.57 Å². The fourth-order valence-corrected chi connectivity index (χ4v) is 1.72. The van der Waals surface area contributed by atoms with Crippen LogP contribution < -0.4 is 5.32 Å². The van der Waals surface area contributed by atoms with Crippen LogP contribution in [0, 0.1) is 0 Å². The maximum Gasteiger partial charge on any atom is 0.529 e. The lowest BCUT2D eigenvalue weighted by Gasteiger charge is -2.16. The van der Waals surface area contributed by atoms with Gasteiger partial charge in [-0.1, -0.05) is 29.3 Å². The van der Waals surface area contributed by atoms with Crippen molar-refractivity contribution >= 4 is 36.9 Å². The third-order valence-electron chi connectivity index (χ3n) is 1.44. The molecule has 9 heteroatoms. The maximum atomic E-state index is 11.6. The van der Waals surface area contributed by atoms with E-state index < -0.39 is 24.0 Å². The number of halogens is 2. The van der Waals surface area contributed by atoms with Gasteiger partial charge in [0.2, 0.25) is 5.76 Å². The number of phosphoric acid groups is 1. The molecule has 0 saturated heterocycles. The molecule has 0 aliphatic heterocycles. The molecule has 1 N–H and O–H groups in total. The lowest BCUT2D eigenvalue weighted by molar-refractivity contribution is -0.119. The highest BCUT2D eigenvalue weighted by Crippen LogP contribution is 2.50. The first kappa shape index (κ1) is 16.5. The lowest BCUT2D eigenvalue weighted by atomic mass is 10.5. The third kappa shape index (κ3) is 5.57. The molecule has 0 saturated carbocycles. The van der Waals surface area contributed by atoms with Gasteiger partial charge in [0.15, 0.2) is 4.49 Å². The quantitative estimate of drug-likeness (QED) is 0.338. The van der Waals surface area contributed by atoms with E-state index in [-0.39, 0.29) is 6.54 Å². The van der Waals surface area contributed by atoms with Gasteiger partial charge in [-0.2, -0.15) is 0 Å². The Bertz CT molecular complexity index is 359. The van der Waals surface area contributed by atoms with Gasteiger partial charge in [0.05, 0.1) is 0 Å². The average Bonchev–Trinajstić information content (AvgIpc) is 2.32. The average molecular weight is 304 g/mol. The molecule has 0 heterocycles. The van der Waals surface area contributed by atoms with Crippen molar-refractivity contribution in [2.75, 3.05) is 20.8 Å². The summed E-state index contributed by atoms with van der Waals surface area (Å²) in [5.74, 6) is -1.32. The maximum absolute atomic E-state index is 11.6. The van der Waals surface area contributed by atoms with Crippen molar-refractivity contribution < 1.29 is 22.9 Å². The first-order chi connectivity index (χ1) is 7.90. The summed E-state index contributed by atoms with van der Waals surface area (Å²) in [7, 11) is -1.71. The first-order valence-corrected chi connectivity index (χ1v) is 6.47. The SMILES string of the molecule is C=CCNC(=O)C(OP(=O)(OC)OC)=C(Cl)Cl. The normalized spacial score (nSPS) is 10.6. The Kier molecular flexibility index (Phi) is 7.50. The largest absolute Gasteiger partial charge is 0.529 e. The molecule has 0 aliphatic carbocycles. The van der Waals surface area contributed by atoms with Gasteiger partial charge >= 0.3 is 7.82 Å². The zero-order valence-corrected chi connectivity index (χ0v) is 11.6. The molecular formula is C8H12Cl2NO5P. The number of nitrogens with one attached hydrogen (secondary N) is 1. The number of amides is 1. The van der Waals surface area contributed by atoms with Crippen LogP contribution in [0.3, 0.4) is 0 Å². The fraction of sp³-hybridized carbons (Fsp3) is 0.375. The van der Waals surface area contributed by atoms with Crippen LogP contribution in [0.15, 0.2) is 22.9 Å². The number of hydrogen-bond donors (Lipinski definition) is 1. The zero-order chi connectivity index (χ0) is 13.5. The summed E-state index contributed by atoms with van der Waals surface area (Å²) in [6.45, 7) is 3.57. The van der Waals surface area contributed by atoms with E-state index in [9.17, 15) is 9.36 Å². The predicted molar refractivity (Wildman–Crippen MR) is 64.6 cm³/mol. The van der Waals surface area contributed by atoms with E-state index in [0.29, 0.717) is 0 Å². The van der Waals surface area contributed by atoms with E-state index in [1.54, 1.807) is 0 Å². The van der Waals surface area contributed by atoms with Crippen molar-refractivity contribution in [1.82, 2.24) is 5.32 Å². The van der Waals surface area contributed by atoms with E-state index in [4.69, 9.17) is 27.7 Å². The predicted octanol–water partition coefficient (Wildman–Crippen LogP) is 2.35. The van der Waals surface area contributed by atoms with Gasteiger partial charge in [0.25, 0.3) is 5.91 Å². The summed E-state index contributed by atoms with van der Waals surface area (Å²) in [5.41, 5.74) is 0. The van der Waals surface area contributed by atoms with E-state index in [2.05, 4.69) is 20.9 Å². The van der Waals surface area contributed by atoms with Crippen molar-refractivity contribution in [1.29, 1.82) is 0 Å². The van der Waals surface area contributed by atoms with Crippen molar-refractivity contribution in [2.24, 2.45) is 0 Å². The highest BCUT2D eigenvalue weighted by atomic mass is 35.5. The van der Waals surface area contributed by atoms with Crippen LogP contribution in [0.1, 0.15) is 0 Å². The molecule has 98 valence electrons. The van der Waals surface area contributed by atoms with Gasteiger partial charge in [0, 0.05) is 20.8 Å². The molecule has 17 heavy (non-hydrogen) atoms. The molecule has 0 radical (unpaired) electrons. The van der Waals surface area contributed by atoms with Gasteiger partial charge in [-0.05, 0) is 0 Å². The Balaban J connectivity index is 4.91. The highest BCUT2D eigenvalue weighted by Gasteiger charge is 2.30. The van der Waals surface area contributed by atoms with Gasteiger partial charge in [-0.15, -0.1) is 6.58 Å². The Hall–Kier alpha value is -0.520. The minimum Gasteiger partial charge on any atom is -0.395 e. The second kappa shape index (κ2) is 7.74. The van der Waals surface area contributed by atoms with Crippen LogP contribution in [0.25, 0.3) is 0 Å². The van der Waals surface area contributed by atoms with Gasteiger partial charge < -0.3 is 9.84 Å². The van der Waals surface area contributed by atoms with Crippen molar-refractivity contribution in [3.63, 3.8) is 0 Å². The second-order valence-corrected chi connectivity index (χ2v) is 5.25. The van der Waals surface area contributed by atoms with Crippen LogP contribution in [-0.2, 0) is 22.9 Å². The molecule has 1 amide bonds. The smallest absolute Gasteiger partial charge is 0.395 e. The Morgan fingerprint density at radius 2 is 1.94 bits per heavy atom. The van der Waals surface area contributed by atoms with E-state index >= 15 is 0 Å². The molecule has 0 bridgehead atoms. The van der Waals surface area contributed by atoms with Crippen LogP contribution in [0.4, 0.5) is 0 Å². The summed E-state index contributed by atoms with van der Waals surface area (Å²) in [4.78, 5) is 11.5. The summed E-state index contributed by atoms with van der Waals surface area (Å²) >= 11 is 10.9. The second-order valence-electron chi connectivity index (χ2n) is 2.49. The fourth-order valence-electron chi connectivity index (χ4n) is 0.668. The molecule has 0 aliphatic rings. The highest BCUT2D eigenvalue weighted by molar-refractivity contribution is 7.48. The first-order valence-electron chi connectivity index (χ1n) is 4.25. The summed E-state index contributed by atoms with van der Waals surface area (Å²) in [5, 5.41) is 2.34. The summed E-state index contributed by atoms with van der Waals surface area (Å²) < 4.78 is 24.8. The zero-order valence-electron chi connectivity index (χ0n) is 9.24.